The lowest BCUT2D eigenvalue weighted by Gasteiger charge is -2.19. The molecular formula is C17H24FNO5. The molecule has 0 radical (unpaired) electrons. The van der Waals surface area contributed by atoms with Gasteiger partial charge in [-0.15, -0.1) is 0 Å². The van der Waals surface area contributed by atoms with Crippen LogP contribution in [0.3, 0.4) is 0 Å². The van der Waals surface area contributed by atoms with Crippen LogP contribution in [0.5, 0.6) is 5.75 Å². The molecule has 1 fully saturated rings. The third-order valence-electron chi connectivity index (χ3n) is 3.58. The van der Waals surface area contributed by atoms with E-state index < -0.39 is 11.9 Å². The largest absolute Gasteiger partial charge is 0.494 e. The zero-order chi connectivity index (χ0) is 17.8. The SMILES string of the molecule is Fc1ccc(OCCCN2CCCCCC2)cc1.O=C(O)C(=O)O. The molecule has 2 rings (SSSR count). The van der Waals surface area contributed by atoms with Crippen molar-refractivity contribution >= 4 is 11.9 Å². The van der Waals surface area contributed by atoms with Crippen LogP contribution in [0.15, 0.2) is 24.3 Å². The maximum absolute atomic E-state index is 12.7. The lowest BCUT2D eigenvalue weighted by molar-refractivity contribution is -0.159. The molecule has 0 atom stereocenters. The topological polar surface area (TPSA) is 87.1 Å². The summed E-state index contributed by atoms with van der Waals surface area (Å²) in [5.41, 5.74) is 0. The third-order valence-corrected chi connectivity index (χ3v) is 3.58. The van der Waals surface area contributed by atoms with Gasteiger partial charge in [0, 0.05) is 6.54 Å². The highest BCUT2D eigenvalue weighted by molar-refractivity contribution is 6.27. The van der Waals surface area contributed by atoms with Crippen LogP contribution in [-0.2, 0) is 9.59 Å². The third kappa shape index (κ3) is 9.09. The van der Waals surface area contributed by atoms with E-state index in [0.29, 0.717) is 6.61 Å². The van der Waals surface area contributed by atoms with Gasteiger partial charge < -0.3 is 19.8 Å². The second-order valence-electron chi connectivity index (χ2n) is 5.52. The van der Waals surface area contributed by atoms with Gasteiger partial charge in [0.2, 0.25) is 0 Å². The summed E-state index contributed by atoms with van der Waals surface area (Å²) in [4.78, 5) is 20.7. The van der Waals surface area contributed by atoms with Crippen molar-refractivity contribution < 1.29 is 28.9 Å². The molecule has 0 saturated carbocycles. The molecule has 0 unspecified atom stereocenters. The highest BCUT2D eigenvalue weighted by Crippen LogP contribution is 2.12. The summed E-state index contributed by atoms with van der Waals surface area (Å²) in [5, 5.41) is 14.8. The van der Waals surface area contributed by atoms with E-state index in [2.05, 4.69) is 4.90 Å². The number of hydrogen-bond donors (Lipinski definition) is 2. The van der Waals surface area contributed by atoms with Crippen LogP contribution in [0, 0.1) is 5.82 Å². The molecule has 0 amide bonds. The number of rotatable bonds is 5. The van der Waals surface area contributed by atoms with Gasteiger partial charge in [0.1, 0.15) is 11.6 Å². The normalized spacial score (nSPS) is 14.9. The molecule has 0 aromatic heterocycles. The lowest BCUT2D eigenvalue weighted by Crippen LogP contribution is -2.26. The fourth-order valence-electron chi connectivity index (χ4n) is 2.37. The number of carboxylic acids is 2. The molecule has 24 heavy (non-hydrogen) atoms. The Morgan fingerprint density at radius 3 is 2.04 bits per heavy atom. The molecule has 0 bridgehead atoms. The van der Waals surface area contributed by atoms with Crippen molar-refractivity contribution in [3.8, 4) is 5.75 Å². The first-order valence-corrected chi connectivity index (χ1v) is 8.06. The molecule has 134 valence electrons. The van der Waals surface area contributed by atoms with Crippen molar-refractivity contribution in [1.82, 2.24) is 4.90 Å². The van der Waals surface area contributed by atoms with Gasteiger partial charge in [-0.1, -0.05) is 12.8 Å². The molecule has 0 spiro atoms. The zero-order valence-electron chi connectivity index (χ0n) is 13.6. The summed E-state index contributed by atoms with van der Waals surface area (Å²) in [7, 11) is 0. The highest BCUT2D eigenvalue weighted by Gasteiger charge is 2.08. The standard InChI is InChI=1S/C15H22FNO.C2H2O4/c16-14-6-8-15(9-7-14)18-13-5-12-17-10-3-1-2-4-11-17;3-1(4)2(5)6/h6-9H,1-5,10-13H2;(H,3,4)(H,5,6). The summed E-state index contributed by atoms with van der Waals surface area (Å²) in [6, 6.07) is 6.23. The molecule has 1 aromatic carbocycles. The van der Waals surface area contributed by atoms with Gasteiger partial charge in [0.15, 0.2) is 0 Å². The van der Waals surface area contributed by atoms with Crippen LogP contribution < -0.4 is 4.74 Å². The fraction of sp³-hybridized carbons (Fsp3) is 0.529. The van der Waals surface area contributed by atoms with Crippen LogP contribution in [-0.4, -0.2) is 53.3 Å². The van der Waals surface area contributed by atoms with E-state index >= 15 is 0 Å². The van der Waals surface area contributed by atoms with E-state index in [1.807, 2.05) is 0 Å². The molecular weight excluding hydrogens is 317 g/mol. The molecule has 1 saturated heterocycles. The maximum atomic E-state index is 12.7. The van der Waals surface area contributed by atoms with Crippen LogP contribution >= 0.6 is 0 Å². The smallest absolute Gasteiger partial charge is 0.414 e. The second kappa shape index (κ2) is 11.4. The van der Waals surface area contributed by atoms with Gasteiger partial charge in [-0.2, -0.15) is 0 Å². The Balaban J connectivity index is 0.000000413. The van der Waals surface area contributed by atoms with E-state index in [1.54, 1.807) is 12.1 Å². The average Bonchev–Trinajstić information content (AvgIpc) is 2.82. The molecule has 1 aromatic rings. The fourth-order valence-corrected chi connectivity index (χ4v) is 2.37. The summed E-state index contributed by atoms with van der Waals surface area (Å²) >= 11 is 0. The number of carbonyl (C=O) groups is 2. The number of benzene rings is 1. The number of likely N-dealkylation sites (tertiary alicyclic amines) is 1. The average molecular weight is 341 g/mol. The van der Waals surface area contributed by atoms with Crippen LogP contribution in [0.1, 0.15) is 32.1 Å². The maximum Gasteiger partial charge on any atom is 0.414 e. The molecule has 1 aliphatic rings. The number of halogens is 1. The quantitative estimate of drug-likeness (QED) is 0.632. The predicted molar refractivity (Wildman–Crippen MR) is 86.7 cm³/mol. The van der Waals surface area contributed by atoms with Crippen molar-refractivity contribution in [2.24, 2.45) is 0 Å². The van der Waals surface area contributed by atoms with E-state index in [9.17, 15) is 4.39 Å². The first kappa shape index (κ1) is 19.9. The van der Waals surface area contributed by atoms with Crippen LogP contribution in [0.2, 0.25) is 0 Å². The molecule has 2 N–H and O–H groups in total. The minimum absolute atomic E-state index is 0.216. The van der Waals surface area contributed by atoms with Gasteiger partial charge >= 0.3 is 11.9 Å². The molecule has 7 heteroatoms. The van der Waals surface area contributed by atoms with Crippen molar-refractivity contribution in [3.63, 3.8) is 0 Å². The Morgan fingerprint density at radius 1 is 1.00 bits per heavy atom. The predicted octanol–water partition coefficient (Wildman–Crippen LogP) is 2.63. The van der Waals surface area contributed by atoms with Gasteiger partial charge in [0.05, 0.1) is 6.61 Å². The highest BCUT2D eigenvalue weighted by atomic mass is 19.1. The minimum Gasteiger partial charge on any atom is -0.494 e. The van der Waals surface area contributed by atoms with E-state index in [1.165, 1.54) is 50.9 Å². The van der Waals surface area contributed by atoms with E-state index in [4.69, 9.17) is 24.5 Å². The number of carboxylic acid groups (broad SMARTS) is 2. The summed E-state index contributed by atoms with van der Waals surface area (Å²) in [6.07, 6.45) is 6.46. The molecule has 6 nitrogen and oxygen atoms in total. The van der Waals surface area contributed by atoms with Gasteiger partial charge in [-0.25, -0.2) is 14.0 Å². The summed E-state index contributed by atoms with van der Waals surface area (Å²) in [5.74, 6) is -3.11. The van der Waals surface area contributed by atoms with Gasteiger partial charge in [-0.05, 0) is 56.6 Å². The lowest BCUT2D eigenvalue weighted by atomic mass is 10.2. The second-order valence-corrected chi connectivity index (χ2v) is 5.52. The Labute approximate surface area is 140 Å². The van der Waals surface area contributed by atoms with Gasteiger partial charge in [0.25, 0.3) is 0 Å². The zero-order valence-corrected chi connectivity index (χ0v) is 13.6. The Morgan fingerprint density at radius 2 is 1.54 bits per heavy atom. The summed E-state index contributed by atoms with van der Waals surface area (Å²) in [6.45, 7) is 4.29. The Kier molecular flexibility index (Phi) is 9.45. The molecule has 1 aliphatic heterocycles. The first-order valence-electron chi connectivity index (χ1n) is 8.06. The van der Waals surface area contributed by atoms with E-state index in [0.717, 1.165) is 18.7 Å². The minimum atomic E-state index is -1.82. The first-order chi connectivity index (χ1) is 11.5. The monoisotopic (exact) mass is 341 g/mol. The Bertz CT molecular complexity index is 486. The van der Waals surface area contributed by atoms with Crippen molar-refractivity contribution in [2.45, 2.75) is 32.1 Å². The number of aliphatic carboxylic acids is 2. The molecule has 0 aliphatic carbocycles. The van der Waals surface area contributed by atoms with Crippen molar-refractivity contribution in [1.29, 1.82) is 0 Å². The summed E-state index contributed by atoms with van der Waals surface area (Å²) < 4.78 is 18.3. The molecule has 1 heterocycles. The van der Waals surface area contributed by atoms with Crippen molar-refractivity contribution in [2.75, 3.05) is 26.2 Å². The van der Waals surface area contributed by atoms with Gasteiger partial charge in [-0.3, -0.25) is 0 Å². The van der Waals surface area contributed by atoms with Crippen LogP contribution in [0.25, 0.3) is 0 Å². The number of hydrogen-bond acceptors (Lipinski definition) is 4. The van der Waals surface area contributed by atoms with Crippen molar-refractivity contribution in [3.05, 3.63) is 30.1 Å². The number of ether oxygens (including phenoxy) is 1. The Hall–Kier alpha value is -2.15. The van der Waals surface area contributed by atoms with E-state index in [-0.39, 0.29) is 5.82 Å². The number of nitrogens with zero attached hydrogens (tertiary/aromatic N) is 1. The van der Waals surface area contributed by atoms with Crippen LogP contribution in [0.4, 0.5) is 4.39 Å².